The van der Waals surface area contributed by atoms with Gasteiger partial charge in [-0.2, -0.15) is 5.26 Å². The third-order valence-electron chi connectivity index (χ3n) is 4.12. The Morgan fingerprint density at radius 2 is 1.52 bits per heavy atom. The summed E-state index contributed by atoms with van der Waals surface area (Å²) < 4.78 is 13.4. The predicted octanol–water partition coefficient (Wildman–Crippen LogP) is 4.60. The fourth-order valence-corrected chi connectivity index (χ4v) is 2.83. The van der Waals surface area contributed by atoms with Gasteiger partial charge in [-0.15, -0.1) is 0 Å². The molecule has 2 aromatic rings. The zero-order valence-electron chi connectivity index (χ0n) is 13.7. The molecular weight excluding hydrogens is 287 g/mol. The van der Waals surface area contributed by atoms with Gasteiger partial charge in [0.25, 0.3) is 0 Å². The van der Waals surface area contributed by atoms with Crippen molar-refractivity contribution in [1.82, 2.24) is 4.90 Å². The molecule has 0 fully saturated rings. The van der Waals surface area contributed by atoms with Crippen molar-refractivity contribution in [2.75, 3.05) is 19.8 Å². The van der Waals surface area contributed by atoms with Crippen molar-refractivity contribution < 1.29 is 4.39 Å². The molecule has 2 rings (SSSR count). The lowest BCUT2D eigenvalue weighted by atomic mass is 9.90. The second-order valence-electron chi connectivity index (χ2n) is 6.09. The van der Waals surface area contributed by atoms with Crippen LogP contribution < -0.4 is 0 Å². The normalized spacial score (nSPS) is 13.7. The molecule has 2 nitrogen and oxygen atoms in total. The Balaban J connectivity index is 2.42. The number of hydrogen-bond donors (Lipinski definition) is 0. The van der Waals surface area contributed by atoms with Crippen LogP contribution in [0.25, 0.3) is 0 Å². The zero-order valence-corrected chi connectivity index (χ0v) is 13.7. The van der Waals surface area contributed by atoms with E-state index in [9.17, 15) is 9.65 Å². The summed E-state index contributed by atoms with van der Waals surface area (Å²) in [5, 5.41) is 9.34. The summed E-state index contributed by atoms with van der Waals surface area (Å²) in [4.78, 5) is 2.17. The van der Waals surface area contributed by atoms with Gasteiger partial charge in [-0.1, -0.05) is 67.6 Å². The van der Waals surface area contributed by atoms with Crippen LogP contribution in [0.2, 0.25) is 0 Å². The van der Waals surface area contributed by atoms with Gasteiger partial charge >= 0.3 is 0 Å². The third-order valence-corrected chi connectivity index (χ3v) is 4.12. The van der Waals surface area contributed by atoms with Crippen molar-refractivity contribution in [2.45, 2.75) is 19.9 Å². The molecule has 0 aromatic heterocycles. The number of nitriles is 1. The molecule has 0 unspecified atom stereocenters. The average molecular weight is 310 g/mol. The first kappa shape index (κ1) is 17.2. The third kappa shape index (κ3) is 4.18. The molecule has 0 bridgehead atoms. The van der Waals surface area contributed by atoms with Crippen molar-refractivity contribution >= 4 is 0 Å². The van der Waals surface area contributed by atoms with E-state index in [2.05, 4.69) is 42.2 Å². The SMILES string of the molecule is CCN(C[C@@](C)(C#N)CF)C(c1ccccc1)c1ccccc1. The highest BCUT2D eigenvalue weighted by molar-refractivity contribution is 5.32. The molecule has 0 N–H and O–H groups in total. The zero-order chi connectivity index (χ0) is 16.7. The average Bonchev–Trinajstić information content (AvgIpc) is 2.62. The molecule has 0 saturated carbocycles. The van der Waals surface area contributed by atoms with Gasteiger partial charge in [-0.25, -0.2) is 4.39 Å². The van der Waals surface area contributed by atoms with Crippen LogP contribution in [0.5, 0.6) is 0 Å². The molecule has 3 heteroatoms. The van der Waals surface area contributed by atoms with Crippen molar-refractivity contribution in [3.63, 3.8) is 0 Å². The van der Waals surface area contributed by atoms with Crippen LogP contribution in [0.3, 0.4) is 0 Å². The van der Waals surface area contributed by atoms with E-state index in [1.807, 2.05) is 36.4 Å². The minimum Gasteiger partial charge on any atom is -0.291 e. The first-order valence-corrected chi connectivity index (χ1v) is 7.94. The summed E-state index contributed by atoms with van der Waals surface area (Å²) in [6, 6.07) is 22.5. The van der Waals surface area contributed by atoms with Crippen molar-refractivity contribution in [3.05, 3.63) is 71.8 Å². The lowest BCUT2D eigenvalue weighted by Crippen LogP contribution is -2.39. The minimum absolute atomic E-state index is 0.0154. The van der Waals surface area contributed by atoms with E-state index in [1.165, 1.54) is 0 Å². The molecule has 120 valence electrons. The predicted molar refractivity (Wildman–Crippen MR) is 91.7 cm³/mol. The Bertz CT molecular complexity index is 596. The van der Waals surface area contributed by atoms with E-state index in [0.717, 1.165) is 17.7 Å². The topological polar surface area (TPSA) is 27.0 Å². The highest BCUT2D eigenvalue weighted by atomic mass is 19.1. The first-order chi connectivity index (χ1) is 11.1. The molecule has 0 spiro atoms. The van der Waals surface area contributed by atoms with Crippen LogP contribution in [-0.2, 0) is 0 Å². The van der Waals surface area contributed by atoms with Crippen LogP contribution in [0, 0.1) is 16.7 Å². The van der Waals surface area contributed by atoms with Gasteiger partial charge in [-0.3, -0.25) is 4.90 Å². The van der Waals surface area contributed by atoms with E-state index in [-0.39, 0.29) is 6.04 Å². The standard InChI is InChI=1S/C20H23FN2/c1-3-23(16-20(2,14-21)15-22)19(17-10-6-4-7-11-17)18-12-8-5-9-13-18/h4-13,19H,3,14,16H2,1-2H3/t20-/m1/s1. The number of hydrogen-bond acceptors (Lipinski definition) is 2. The van der Waals surface area contributed by atoms with Gasteiger partial charge in [0.2, 0.25) is 0 Å². The summed E-state index contributed by atoms with van der Waals surface area (Å²) in [6.45, 7) is 4.23. The molecule has 0 amide bonds. The highest BCUT2D eigenvalue weighted by Crippen LogP contribution is 2.31. The number of nitrogens with zero attached hydrogens (tertiary/aromatic N) is 2. The summed E-state index contributed by atoms with van der Waals surface area (Å²) in [7, 11) is 0. The maximum absolute atomic E-state index is 13.4. The van der Waals surface area contributed by atoms with Crippen LogP contribution in [0.15, 0.2) is 60.7 Å². The van der Waals surface area contributed by atoms with Gasteiger partial charge in [0, 0.05) is 6.54 Å². The van der Waals surface area contributed by atoms with Gasteiger partial charge in [0.05, 0.1) is 17.5 Å². The Hall–Kier alpha value is -2.18. The molecule has 0 aliphatic heterocycles. The van der Waals surface area contributed by atoms with Gasteiger partial charge in [0.1, 0.15) is 6.67 Å². The number of halogens is 1. The summed E-state index contributed by atoms with van der Waals surface area (Å²) in [5.74, 6) is 0. The molecule has 0 aliphatic carbocycles. The van der Waals surface area contributed by atoms with E-state index in [0.29, 0.717) is 6.54 Å². The minimum atomic E-state index is -0.988. The van der Waals surface area contributed by atoms with Crippen LogP contribution in [-0.4, -0.2) is 24.7 Å². The number of benzene rings is 2. The summed E-state index contributed by atoms with van der Waals surface area (Å²) in [5.41, 5.74) is 1.32. The van der Waals surface area contributed by atoms with Crippen LogP contribution in [0.4, 0.5) is 4.39 Å². The number of alkyl halides is 1. The van der Waals surface area contributed by atoms with E-state index < -0.39 is 12.1 Å². The van der Waals surface area contributed by atoms with Crippen LogP contribution >= 0.6 is 0 Å². The fraction of sp³-hybridized carbons (Fsp3) is 0.350. The van der Waals surface area contributed by atoms with E-state index in [4.69, 9.17) is 0 Å². The Morgan fingerprint density at radius 3 is 1.87 bits per heavy atom. The summed E-state index contributed by atoms with van der Waals surface area (Å²) >= 11 is 0. The van der Waals surface area contributed by atoms with E-state index in [1.54, 1.807) is 6.92 Å². The summed E-state index contributed by atoms with van der Waals surface area (Å²) in [6.07, 6.45) is 0. The number of rotatable bonds is 7. The quantitative estimate of drug-likeness (QED) is 0.747. The van der Waals surface area contributed by atoms with Gasteiger partial charge in [-0.05, 0) is 24.6 Å². The smallest absolute Gasteiger partial charge is 0.109 e. The molecule has 23 heavy (non-hydrogen) atoms. The lowest BCUT2D eigenvalue weighted by molar-refractivity contribution is 0.152. The van der Waals surface area contributed by atoms with Crippen LogP contribution in [0.1, 0.15) is 31.0 Å². The second-order valence-corrected chi connectivity index (χ2v) is 6.09. The van der Waals surface area contributed by atoms with Gasteiger partial charge in [0.15, 0.2) is 0 Å². The molecule has 0 radical (unpaired) electrons. The maximum Gasteiger partial charge on any atom is 0.109 e. The maximum atomic E-state index is 13.4. The van der Waals surface area contributed by atoms with E-state index >= 15 is 0 Å². The van der Waals surface area contributed by atoms with Crippen molar-refractivity contribution in [3.8, 4) is 6.07 Å². The Morgan fingerprint density at radius 1 is 1.04 bits per heavy atom. The Labute approximate surface area is 138 Å². The molecular formula is C20H23FN2. The molecule has 1 atom stereocenters. The first-order valence-electron chi connectivity index (χ1n) is 7.94. The Kier molecular flexibility index (Phi) is 5.90. The molecule has 0 heterocycles. The monoisotopic (exact) mass is 310 g/mol. The second kappa shape index (κ2) is 7.89. The highest BCUT2D eigenvalue weighted by Gasteiger charge is 2.31. The fourth-order valence-electron chi connectivity index (χ4n) is 2.83. The molecule has 0 saturated heterocycles. The molecule has 2 aromatic carbocycles. The van der Waals surface area contributed by atoms with Crippen molar-refractivity contribution in [1.29, 1.82) is 5.26 Å². The van der Waals surface area contributed by atoms with Gasteiger partial charge < -0.3 is 0 Å². The van der Waals surface area contributed by atoms with Crippen molar-refractivity contribution in [2.24, 2.45) is 5.41 Å². The largest absolute Gasteiger partial charge is 0.291 e. The lowest BCUT2D eigenvalue weighted by Gasteiger charge is -2.35. The molecule has 0 aliphatic rings.